The summed E-state index contributed by atoms with van der Waals surface area (Å²) in [6, 6.07) is 18.1. The summed E-state index contributed by atoms with van der Waals surface area (Å²) in [5.41, 5.74) is 5.46. The molecular formula is C17H18N4OS. The van der Waals surface area contributed by atoms with Gasteiger partial charge in [0.25, 0.3) is 0 Å². The fourth-order valence-electron chi connectivity index (χ4n) is 2.25. The van der Waals surface area contributed by atoms with Gasteiger partial charge in [-0.15, -0.1) is 0 Å². The summed E-state index contributed by atoms with van der Waals surface area (Å²) in [4.78, 5) is 0. The molecule has 2 aromatic carbocycles. The molecule has 0 saturated carbocycles. The summed E-state index contributed by atoms with van der Waals surface area (Å²) < 4.78 is 8.25. The van der Waals surface area contributed by atoms with Gasteiger partial charge < -0.3 is 10.2 Å². The number of benzene rings is 2. The quantitative estimate of drug-likeness (QED) is 0.680. The summed E-state index contributed by atoms with van der Waals surface area (Å²) >= 11 is 5.19. The summed E-state index contributed by atoms with van der Waals surface area (Å²) in [7, 11) is 0. The molecule has 0 aliphatic carbocycles. The average molecular weight is 326 g/mol. The first-order valence-electron chi connectivity index (χ1n) is 7.36. The first-order valence-corrected chi connectivity index (χ1v) is 7.77. The third-order valence-corrected chi connectivity index (χ3v) is 3.75. The smallest absolute Gasteiger partial charge is 0.214 e. The van der Waals surface area contributed by atoms with Crippen LogP contribution in [-0.2, 0) is 13.2 Å². The standard InChI is InChI=1S/C17H18N4OS/c1-13-19-20-17(23)21(13)18-11-15-9-5-6-10-16(15)22-12-14-7-3-2-4-8-14/h2-10,18H,11-12H2,1H3,(H,20,23). The van der Waals surface area contributed by atoms with Gasteiger partial charge in [-0.05, 0) is 30.8 Å². The van der Waals surface area contributed by atoms with E-state index in [1.54, 1.807) is 4.68 Å². The highest BCUT2D eigenvalue weighted by Crippen LogP contribution is 2.19. The van der Waals surface area contributed by atoms with Crippen LogP contribution < -0.4 is 10.2 Å². The monoisotopic (exact) mass is 326 g/mol. The molecule has 0 aliphatic rings. The normalized spacial score (nSPS) is 10.5. The third-order valence-electron chi connectivity index (χ3n) is 3.48. The molecule has 0 bridgehead atoms. The molecule has 23 heavy (non-hydrogen) atoms. The van der Waals surface area contributed by atoms with Crippen molar-refractivity contribution < 1.29 is 4.74 Å². The van der Waals surface area contributed by atoms with Crippen LogP contribution in [0.2, 0.25) is 0 Å². The molecule has 0 spiro atoms. The maximum absolute atomic E-state index is 5.95. The zero-order chi connectivity index (χ0) is 16.1. The van der Waals surface area contributed by atoms with E-state index in [0.717, 1.165) is 22.7 Å². The third kappa shape index (κ3) is 3.78. The maximum atomic E-state index is 5.95. The van der Waals surface area contributed by atoms with E-state index in [1.807, 2.05) is 49.4 Å². The number of aromatic nitrogens is 3. The van der Waals surface area contributed by atoms with Crippen LogP contribution in [0, 0.1) is 11.7 Å². The van der Waals surface area contributed by atoms with Crippen molar-refractivity contribution >= 4 is 12.2 Å². The van der Waals surface area contributed by atoms with Crippen LogP contribution in [0.25, 0.3) is 0 Å². The van der Waals surface area contributed by atoms with Gasteiger partial charge in [0.15, 0.2) is 0 Å². The summed E-state index contributed by atoms with van der Waals surface area (Å²) in [5, 5.41) is 6.84. The van der Waals surface area contributed by atoms with E-state index in [9.17, 15) is 0 Å². The Morgan fingerprint density at radius 3 is 2.61 bits per heavy atom. The second-order valence-electron chi connectivity index (χ2n) is 5.13. The molecule has 2 N–H and O–H groups in total. The van der Waals surface area contributed by atoms with Crippen LogP contribution >= 0.6 is 12.2 Å². The van der Waals surface area contributed by atoms with Crippen molar-refractivity contribution in [1.82, 2.24) is 14.9 Å². The highest BCUT2D eigenvalue weighted by molar-refractivity contribution is 7.71. The Kier molecular flexibility index (Phi) is 4.73. The lowest BCUT2D eigenvalue weighted by Gasteiger charge is -2.13. The van der Waals surface area contributed by atoms with Gasteiger partial charge in [-0.2, -0.15) is 5.10 Å². The van der Waals surface area contributed by atoms with E-state index < -0.39 is 0 Å². The SMILES string of the molecule is Cc1n[nH]c(=S)n1NCc1ccccc1OCc1ccccc1. The van der Waals surface area contributed by atoms with Gasteiger partial charge in [0, 0.05) is 5.56 Å². The molecule has 0 amide bonds. The van der Waals surface area contributed by atoms with Crippen molar-refractivity contribution in [3.05, 3.63) is 76.3 Å². The first kappa shape index (κ1) is 15.3. The number of rotatable bonds is 6. The Morgan fingerprint density at radius 2 is 1.87 bits per heavy atom. The minimum Gasteiger partial charge on any atom is -0.489 e. The minimum absolute atomic E-state index is 0.544. The summed E-state index contributed by atoms with van der Waals surface area (Å²) in [6.07, 6.45) is 0. The van der Waals surface area contributed by atoms with Gasteiger partial charge in [-0.3, -0.25) is 5.10 Å². The first-order chi connectivity index (χ1) is 11.2. The predicted octanol–water partition coefficient (Wildman–Crippen LogP) is 3.57. The second-order valence-corrected chi connectivity index (χ2v) is 5.51. The topological polar surface area (TPSA) is 54.9 Å². The molecular weight excluding hydrogens is 308 g/mol. The molecule has 5 nitrogen and oxygen atoms in total. The van der Waals surface area contributed by atoms with Crippen molar-refractivity contribution in [2.45, 2.75) is 20.1 Å². The molecule has 1 heterocycles. The molecule has 0 fully saturated rings. The lowest BCUT2D eigenvalue weighted by Crippen LogP contribution is -2.16. The number of aromatic amines is 1. The maximum Gasteiger partial charge on any atom is 0.214 e. The number of nitrogens with zero attached hydrogens (tertiary/aromatic N) is 2. The molecule has 0 saturated heterocycles. The molecule has 6 heteroatoms. The van der Waals surface area contributed by atoms with Crippen LogP contribution in [0.1, 0.15) is 17.0 Å². The lowest BCUT2D eigenvalue weighted by molar-refractivity contribution is 0.303. The number of ether oxygens (including phenoxy) is 1. The highest BCUT2D eigenvalue weighted by Gasteiger charge is 2.05. The number of H-pyrrole nitrogens is 1. The Labute approximate surface area is 139 Å². The van der Waals surface area contributed by atoms with Crippen LogP contribution in [0.3, 0.4) is 0 Å². The van der Waals surface area contributed by atoms with Crippen LogP contribution in [0.5, 0.6) is 5.75 Å². The molecule has 0 atom stereocenters. The molecule has 3 rings (SSSR count). The fraction of sp³-hybridized carbons (Fsp3) is 0.176. The van der Waals surface area contributed by atoms with Crippen molar-refractivity contribution in [3.63, 3.8) is 0 Å². The van der Waals surface area contributed by atoms with Gasteiger partial charge in [-0.1, -0.05) is 48.5 Å². The molecule has 1 aromatic heterocycles. The predicted molar refractivity (Wildman–Crippen MR) is 92.4 cm³/mol. The number of para-hydroxylation sites is 1. The van der Waals surface area contributed by atoms with Crippen molar-refractivity contribution in [2.75, 3.05) is 5.43 Å². The van der Waals surface area contributed by atoms with E-state index in [2.05, 4.69) is 27.8 Å². The van der Waals surface area contributed by atoms with E-state index in [1.165, 1.54) is 0 Å². The van der Waals surface area contributed by atoms with Crippen molar-refractivity contribution in [2.24, 2.45) is 0 Å². The Balaban J connectivity index is 1.69. The minimum atomic E-state index is 0.544. The van der Waals surface area contributed by atoms with Gasteiger partial charge in [0.1, 0.15) is 18.2 Å². The van der Waals surface area contributed by atoms with E-state index in [0.29, 0.717) is 17.9 Å². The number of aryl methyl sites for hydroxylation is 1. The Morgan fingerprint density at radius 1 is 1.13 bits per heavy atom. The molecule has 3 aromatic rings. The number of hydrogen-bond acceptors (Lipinski definition) is 4. The average Bonchev–Trinajstić information content (AvgIpc) is 2.91. The van der Waals surface area contributed by atoms with E-state index in [4.69, 9.17) is 17.0 Å². The van der Waals surface area contributed by atoms with Gasteiger partial charge in [-0.25, -0.2) is 4.68 Å². The van der Waals surface area contributed by atoms with Crippen LogP contribution in [0.4, 0.5) is 0 Å². The van der Waals surface area contributed by atoms with E-state index >= 15 is 0 Å². The molecule has 0 radical (unpaired) electrons. The number of nitrogens with one attached hydrogen (secondary N) is 2. The Hall–Kier alpha value is -2.60. The zero-order valence-electron chi connectivity index (χ0n) is 12.8. The molecule has 118 valence electrons. The lowest BCUT2D eigenvalue weighted by atomic mass is 10.2. The van der Waals surface area contributed by atoms with Crippen molar-refractivity contribution in [1.29, 1.82) is 0 Å². The summed E-state index contributed by atoms with van der Waals surface area (Å²) in [5.74, 6) is 1.65. The van der Waals surface area contributed by atoms with Gasteiger partial charge >= 0.3 is 0 Å². The molecule has 0 aliphatic heterocycles. The molecule has 0 unspecified atom stereocenters. The number of hydrogen-bond donors (Lipinski definition) is 2. The van der Waals surface area contributed by atoms with E-state index in [-0.39, 0.29) is 0 Å². The highest BCUT2D eigenvalue weighted by atomic mass is 32.1. The van der Waals surface area contributed by atoms with Gasteiger partial charge in [0.05, 0.1) is 6.54 Å². The Bertz CT molecular complexity index is 826. The van der Waals surface area contributed by atoms with Gasteiger partial charge in [0.2, 0.25) is 4.77 Å². The van der Waals surface area contributed by atoms with Crippen LogP contribution in [-0.4, -0.2) is 14.9 Å². The second kappa shape index (κ2) is 7.11. The summed E-state index contributed by atoms with van der Waals surface area (Å²) in [6.45, 7) is 3.03. The zero-order valence-corrected chi connectivity index (χ0v) is 13.6. The largest absolute Gasteiger partial charge is 0.489 e. The van der Waals surface area contributed by atoms with Crippen LogP contribution in [0.15, 0.2) is 54.6 Å². The van der Waals surface area contributed by atoms with Crippen molar-refractivity contribution in [3.8, 4) is 5.75 Å². The fourth-order valence-corrected chi connectivity index (χ4v) is 2.49.